The molecule has 0 radical (unpaired) electrons. The van der Waals surface area contributed by atoms with Crippen molar-refractivity contribution in [1.82, 2.24) is 0 Å². The van der Waals surface area contributed by atoms with E-state index in [1.54, 1.807) is 12.1 Å². The molecule has 0 aromatic heterocycles. The van der Waals surface area contributed by atoms with Gasteiger partial charge in [0.25, 0.3) is 0 Å². The van der Waals surface area contributed by atoms with Gasteiger partial charge in [-0.3, -0.25) is 4.79 Å². The fourth-order valence-corrected chi connectivity index (χ4v) is 0.793. The third kappa shape index (κ3) is 1.86. The lowest BCUT2D eigenvalue weighted by atomic mass is 10.1. The third-order valence-electron chi connectivity index (χ3n) is 1.34. The quantitative estimate of drug-likeness (QED) is 0.478. The Morgan fingerprint density at radius 1 is 1.36 bits per heavy atom. The summed E-state index contributed by atoms with van der Waals surface area (Å²) in [4.78, 5) is 10.2. The second kappa shape index (κ2) is 3.27. The van der Waals surface area contributed by atoms with E-state index in [1.165, 1.54) is 12.1 Å². The fraction of sp³-hybridized carbons (Fsp3) is 0.125. The van der Waals surface area contributed by atoms with Crippen molar-refractivity contribution in [3.63, 3.8) is 0 Å². The van der Waals surface area contributed by atoms with E-state index in [4.69, 9.17) is 10.2 Å². The minimum absolute atomic E-state index is 0.328. The van der Waals surface area contributed by atoms with Gasteiger partial charge in [0.1, 0.15) is 6.29 Å². The van der Waals surface area contributed by atoms with E-state index in [9.17, 15) is 4.79 Å². The zero-order valence-electron chi connectivity index (χ0n) is 5.77. The van der Waals surface area contributed by atoms with Crippen molar-refractivity contribution in [2.75, 3.05) is 0 Å². The van der Waals surface area contributed by atoms with Crippen LogP contribution in [0.25, 0.3) is 0 Å². The van der Waals surface area contributed by atoms with Crippen molar-refractivity contribution in [2.24, 2.45) is 0 Å². The first-order valence-electron chi connectivity index (χ1n) is 3.15. The Labute approximate surface area is 63.9 Å². The molecular formula is C8H8O3. The summed E-state index contributed by atoms with van der Waals surface area (Å²) in [6, 6.07) is 6.16. The van der Waals surface area contributed by atoms with Gasteiger partial charge in [-0.1, -0.05) is 18.2 Å². The first-order chi connectivity index (χ1) is 5.24. The molecule has 0 atom stereocenters. The van der Waals surface area contributed by atoms with E-state index >= 15 is 0 Å². The maximum absolute atomic E-state index is 10.2. The largest absolute Gasteiger partial charge is 0.364 e. The number of carbonyl (C=O) groups excluding carboxylic acids is 1. The molecule has 0 fully saturated rings. The molecule has 1 aromatic carbocycles. The molecule has 0 aliphatic rings. The zero-order valence-corrected chi connectivity index (χ0v) is 5.77. The normalized spacial score (nSPS) is 10.1. The Morgan fingerprint density at radius 2 is 2.09 bits per heavy atom. The molecule has 3 heteroatoms. The number of aliphatic hydroxyl groups is 2. The zero-order chi connectivity index (χ0) is 8.27. The first-order valence-corrected chi connectivity index (χ1v) is 3.15. The predicted molar refractivity (Wildman–Crippen MR) is 39.0 cm³/mol. The summed E-state index contributed by atoms with van der Waals surface area (Å²) >= 11 is 0. The Hall–Kier alpha value is -1.19. The van der Waals surface area contributed by atoms with Crippen molar-refractivity contribution < 1.29 is 15.0 Å². The molecule has 0 saturated heterocycles. The highest BCUT2D eigenvalue weighted by Gasteiger charge is 2.01. The lowest BCUT2D eigenvalue weighted by Gasteiger charge is -2.02. The van der Waals surface area contributed by atoms with Gasteiger partial charge in [-0.2, -0.15) is 0 Å². The van der Waals surface area contributed by atoms with Crippen molar-refractivity contribution in [3.05, 3.63) is 35.4 Å². The third-order valence-corrected chi connectivity index (χ3v) is 1.34. The van der Waals surface area contributed by atoms with Crippen LogP contribution in [0.4, 0.5) is 0 Å². The van der Waals surface area contributed by atoms with Crippen LogP contribution in [0.5, 0.6) is 0 Å². The number of aliphatic hydroxyl groups excluding tert-OH is 1. The van der Waals surface area contributed by atoms with Crippen LogP contribution >= 0.6 is 0 Å². The summed E-state index contributed by atoms with van der Waals surface area (Å²) < 4.78 is 0. The smallest absolute Gasteiger partial charge is 0.178 e. The van der Waals surface area contributed by atoms with Gasteiger partial charge < -0.3 is 10.2 Å². The minimum atomic E-state index is -1.50. The van der Waals surface area contributed by atoms with Gasteiger partial charge in [-0.25, -0.2) is 0 Å². The molecule has 2 N–H and O–H groups in total. The summed E-state index contributed by atoms with van der Waals surface area (Å²) in [5, 5.41) is 17.4. The molecule has 3 nitrogen and oxygen atoms in total. The SMILES string of the molecule is O=Cc1cccc(C(O)O)c1. The van der Waals surface area contributed by atoms with Gasteiger partial charge in [0.2, 0.25) is 0 Å². The van der Waals surface area contributed by atoms with Crippen LogP contribution in [0.15, 0.2) is 24.3 Å². The molecule has 58 valence electrons. The number of benzene rings is 1. The molecule has 0 spiro atoms. The summed E-state index contributed by atoms with van der Waals surface area (Å²) in [5.74, 6) is 0. The highest BCUT2D eigenvalue weighted by atomic mass is 16.5. The molecular weight excluding hydrogens is 144 g/mol. The lowest BCUT2D eigenvalue weighted by Crippen LogP contribution is -1.95. The van der Waals surface area contributed by atoms with E-state index in [0.717, 1.165) is 0 Å². The van der Waals surface area contributed by atoms with E-state index in [2.05, 4.69) is 0 Å². The van der Waals surface area contributed by atoms with Gasteiger partial charge in [-0.15, -0.1) is 0 Å². The maximum atomic E-state index is 10.2. The van der Waals surface area contributed by atoms with Crippen LogP contribution < -0.4 is 0 Å². The molecule has 0 saturated carbocycles. The van der Waals surface area contributed by atoms with Crippen molar-refractivity contribution in [2.45, 2.75) is 6.29 Å². The van der Waals surface area contributed by atoms with Gasteiger partial charge in [0.05, 0.1) is 0 Å². The van der Waals surface area contributed by atoms with E-state index in [-0.39, 0.29) is 0 Å². The highest BCUT2D eigenvalue weighted by molar-refractivity contribution is 5.74. The summed E-state index contributed by atoms with van der Waals surface area (Å²) in [6.07, 6.45) is -0.846. The van der Waals surface area contributed by atoms with E-state index < -0.39 is 6.29 Å². The number of carbonyl (C=O) groups is 1. The molecule has 0 aliphatic carbocycles. The molecule has 1 aromatic rings. The Morgan fingerprint density at radius 3 is 2.64 bits per heavy atom. The number of hydrogen-bond donors (Lipinski definition) is 2. The first kappa shape index (κ1) is 7.91. The summed E-state index contributed by atoms with van der Waals surface area (Å²) in [6.45, 7) is 0. The average molecular weight is 152 g/mol. The fourth-order valence-electron chi connectivity index (χ4n) is 0.793. The Kier molecular flexibility index (Phi) is 2.36. The van der Waals surface area contributed by atoms with E-state index in [1.807, 2.05) is 0 Å². The standard InChI is InChI=1S/C8H8O3/c9-5-6-2-1-3-7(4-6)8(10)11/h1-5,8,10-11H. The second-order valence-corrected chi connectivity index (χ2v) is 2.16. The summed E-state index contributed by atoms with van der Waals surface area (Å²) in [5.41, 5.74) is 0.769. The molecule has 0 bridgehead atoms. The Bertz CT molecular complexity index is 255. The second-order valence-electron chi connectivity index (χ2n) is 2.16. The molecule has 0 heterocycles. The molecule has 1 rings (SSSR count). The molecule has 0 aliphatic heterocycles. The van der Waals surface area contributed by atoms with Gasteiger partial charge in [0.15, 0.2) is 6.29 Å². The predicted octanol–water partition coefficient (Wildman–Crippen LogP) is 0.482. The average Bonchev–Trinajstić information content (AvgIpc) is 2.05. The lowest BCUT2D eigenvalue weighted by molar-refractivity contribution is -0.0424. The topological polar surface area (TPSA) is 57.5 Å². The van der Waals surface area contributed by atoms with Crippen LogP contribution in [0.1, 0.15) is 22.2 Å². The van der Waals surface area contributed by atoms with Gasteiger partial charge in [-0.05, 0) is 6.07 Å². The molecule has 11 heavy (non-hydrogen) atoms. The van der Waals surface area contributed by atoms with Crippen molar-refractivity contribution >= 4 is 6.29 Å². The van der Waals surface area contributed by atoms with Crippen LogP contribution in [-0.2, 0) is 0 Å². The maximum Gasteiger partial charge on any atom is 0.178 e. The Balaban J connectivity index is 3.00. The number of hydrogen-bond acceptors (Lipinski definition) is 3. The number of aldehydes is 1. The van der Waals surface area contributed by atoms with E-state index in [0.29, 0.717) is 17.4 Å². The minimum Gasteiger partial charge on any atom is -0.364 e. The van der Waals surface area contributed by atoms with Crippen LogP contribution in [0.3, 0.4) is 0 Å². The van der Waals surface area contributed by atoms with Gasteiger partial charge in [0, 0.05) is 11.1 Å². The van der Waals surface area contributed by atoms with Crippen LogP contribution in [-0.4, -0.2) is 16.5 Å². The van der Waals surface area contributed by atoms with Gasteiger partial charge >= 0.3 is 0 Å². The molecule has 0 unspecified atom stereocenters. The van der Waals surface area contributed by atoms with Crippen molar-refractivity contribution in [1.29, 1.82) is 0 Å². The summed E-state index contributed by atoms with van der Waals surface area (Å²) in [7, 11) is 0. The van der Waals surface area contributed by atoms with Crippen molar-refractivity contribution in [3.8, 4) is 0 Å². The van der Waals surface area contributed by atoms with Crippen LogP contribution in [0, 0.1) is 0 Å². The molecule has 0 amide bonds. The van der Waals surface area contributed by atoms with Crippen LogP contribution in [0.2, 0.25) is 0 Å². The monoisotopic (exact) mass is 152 g/mol. The number of rotatable bonds is 2. The highest BCUT2D eigenvalue weighted by Crippen LogP contribution is 2.09.